The average Bonchev–Trinajstić information content (AvgIpc) is 2.77. The van der Waals surface area contributed by atoms with Gasteiger partial charge in [-0.25, -0.2) is 0 Å². The normalized spacial score (nSPS) is 33.6. The standard InChI is InChI=1S/C12H20O5/c1-14-11(13)6-10-8-16-12(17-10)5-9-3-2-4-15-7-9/h9-10,12H,2-8H2,1H3. The van der Waals surface area contributed by atoms with Crippen molar-refractivity contribution >= 4 is 5.97 Å². The van der Waals surface area contributed by atoms with E-state index in [0.29, 0.717) is 12.5 Å². The van der Waals surface area contributed by atoms with Gasteiger partial charge in [-0.2, -0.15) is 0 Å². The van der Waals surface area contributed by atoms with E-state index in [-0.39, 0.29) is 24.8 Å². The van der Waals surface area contributed by atoms with Crippen LogP contribution in [0.2, 0.25) is 0 Å². The minimum absolute atomic E-state index is 0.156. The smallest absolute Gasteiger partial charge is 0.308 e. The number of rotatable bonds is 4. The lowest BCUT2D eigenvalue weighted by molar-refractivity contribution is -0.144. The van der Waals surface area contributed by atoms with E-state index in [0.717, 1.165) is 26.1 Å². The fourth-order valence-corrected chi connectivity index (χ4v) is 2.27. The summed E-state index contributed by atoms with van der Waals surface area (Å²) in [4.78, 5) is 11.1. The highest BCUT2D eigenvalue weighted by molar-refractivity contribution is 5.69. The first kappa shape index (κ1) is 12.8. The monoisotopic (exact) mass is 244 g/mol. The van der Waals surface area contributed by atoms with Crippen LogP contribution in [0.5, 0.6) is 0 Å². The molecule has 3 atom stereocenters. The molecule has 0 aliphatic carbocycles. The summed E-state index contributed by atoms with van der Waals surface area (Å²) in [6.07, 6.45) is 3.08. The van der Waals surface area contributed by atoms with Crippen molar-refractivity contribution in [2.24, 2.45) is 5.92 Å². The molecule has 0 spiro atoms. The van der Waals surface area contributed by atoms with Gasteiger partial charge in [-0.1, -0.05) is 0 Å². The number of hydrogen-bond donors (Lipinski definition) is 0. The van der Waals surface area contributed by atoms with Gasteiger partial charge >= 0.3 is 5.97 Å². The number of hydrogen-bond acceptors (Lipinski definition) is 5. The van der Waals surface area contributed by atoms with E-state index in [9.17, 15) is 4.79 Å². The van der Waals surface area contributed by atoms with Gasteiger partial charge in [-0.3, -0.25) is 4.79 Å². The predicted molar refractivity (Wildman–Crippen MR) is 59.4 cm³/mol. The van der Waals surface area contributed by atoms with Gasteiger partial charge in [0.2, 0.25) is 0 Å². The van der Waals surface area contributed by atoms with E-state index in [1.807, 2.05) is 0 Å². The molecule has 0 amide bonds. The molecule has 2 heterocycles. The van der Waals surface area contributed by atoms with Crippen LogP contribution in [-0.2, 0) is 23.7 Å². The highest BCUT2D eigenvalue weighted by Crippen LogP contribution is 2.25. The lowest BCUT2D eigenvalue weighted by Gasteiger charge is -2.24. The van der Waals surface area contributed by atoms with Crippen LogP contribution in [0.3, 0.4) is 0 Å². The summed E-state index contributed by atoms with van der Waals surface area (Å²) in [6.45, 7) is 2.14. The van der Waals surface area contributed by atoms with Crippen LogP contribution in [0.1, 0.15) is 25.7 Å². The minimum atomic E-state index is -0.250. The van der Waals surface area contributed by atoms with Crippen LogP contribution in [0, 0.1) is 5.92 Å². The van der Waals surface area contributed by atoms with Gasteiger partial charge in [0.05, 0.1) is 26.2 Å². The number of carbonyl (C=O) groups excluding carboxylic acids is 1. The molecule has 5 nitrogen and oxygen atoms in total. The predicted octanol–water partition coefficient (Wildman–Crippen LogP) is 1.11. The van der Waals surface area contributed by atoms with Crippen LogP contribution in [-0.4, -0.2) is 45.3 Å². The molecule has 2 fully saturated rings. The number of ether oxygens (including phenoxy) is 4. The lowest BCUT2D eigenvalue weighted by atomic mass is 9.98. The Bertz CT molecular complexity index is 249. The van der Waals surface area contributed by atoms with E-state index in [2.05, 4.69) is 4.74 Å². The molecule has 98 valence electrons. The Morgan fingerprint density at radius 1 is 1.41 bits per heavy atom. The first-order chi connectivity index (χ1) is 8.28. The Morgan fingerprint density at radius 2 is 2.29 bits per heavy atom. The van der Waals surface area contributed by atoms with Crippen LogP contribution >= 0.6 is 0 Å². The van der Waals surface area contributed by atoms with Crippen LogP contribution in [0.4, 0.5) is 0 Å². The Balaban J connectivity index is 1.68. The van der Waals surface area contributed by atoms with E-state index in [1.54, 1.807) is 0 Å². The summed E-state index contributed by atoms with van der Waals surface area (Å²) in [5, 5.41) is 0. The van der Waals surface area contributed by atoms with Crippen LogP contribution in [0.25, 0.3) is 0 Å². The summed E-state index contributed by atoms with van der Waals surface area (Å²) in [6, 6.07) is 0. The van der Waals surface area contributed by atoms with Crippen molar-refractivity contribution < 1.29 is 23.7 Å². The Morgan fingerprint density at radius 3 is 3.00 bits per heavy atom. The fraction of sp³-hybridized carbons (Fsp3) is 0.917. The van der Waals surface area contributed by atoms with Gasteiger partial charge < -0.3 is 18.9 Å². The highest BCUT2D eigenvalue weighted by atomic mass is 16.7. The SMILES string of the molecule is COC(=O)CC1COC(CC2CCCOC2)O1. The maximum Gasteiger partial charge on any atom is 0.308 e. The maximum atomic E-state index is 11.1. The molecule has 2 aliphatic heterocycles. The zero-order valence-electron chi connectivity index (χ0n) is 10.2. The molecule has 0 N–H and O–H groups in total. The van der Waals surface area contributed by atoms with E-state index in [1.165, 1.54) is 13.5 Å². The third-order valence-corrected chi connectivity index (χ3v) is 3.21. The summed E-state index contributed by atoms with van der Waals surface area (Å²) >= 11 is 0. The van der Waals surface area contributed by atoms with E-state index < -0.39 is 0 Å². The first-order valence-electron chi connectivity index (χ1n) is 6.19. The van der Waals surface area contributed by atoms with Gasteiger partial charge in [0.25, 0.3) is 0 Å². The summed E-state index contributed by atoms with van der Waals surface area (Å²) in [5.41, 5.74) is 0. The van der Waals surface area contributed by atoms with E-state index >= 15 is 0 Å². The van der Waals surface area contributed by atoms with Crippen molar-refractivity contribution in [1.29, 1.82) is 0 Å². The molecule has 0 saturated carbocycles. The van der Waals surface area contributed by atoms with Crippen molar-refractivity contribution in [3.8, 4) is 0 Å². The third-order valence-electron chi connectivity index (χ3n) is 3.21. The van der Waals surface area contributed by atoms with Gasteiger partial charge in [0.15, 0.2) is 6.29 Å². The molecule has 0 aromatic carbocycles. The summed E-state index contributed by atoms with van der Waals surface area (Å²) < 4.78 is 21.2. The topological polar surface area (TPSA) is 54.0 Å². The minimum Gasteiger partial charge on any atom is -0.469 e. The van der Waals surface area contributed by atoms with Crippen molar-refractivity contribution in [2.45, 2.75) is 38.1 Å². The molecule has 0 radical (unpaired) electrons. The van der Waals surface area contributed by atoms with Gasteiger partial charge in [-0.05, 0) is 18.8 Å². The second kappa shape index (κ2) is 6.33. The largest absolute Gasteiger partial charge is 0.469 e. The molecule has 2 rings (SSSR count). The maximum absolute atomic E-state index is 11.1. The van der Waals surface area contributed by atoms with Crippen molar-refractivity contribution in [3.63, 3.8) is 0 Å². The first-order valence-corrected chi connectivity index (χ1v) is 6.19. The number of esters is 1. The van der Waals surface area contributed by atoms with Crippen LogP contribution < -0.4 is 0 Å². The average molecular weight is 244 g/mol. The Hall–Kier alpha value is -0.650. The van der Waals surface area contributed by atoms with Crippen molar-refractivity contribution in [2.75, 3.05) is 26.9 Å². The molecule has 0 aromatic rings. The molecule has 17 heavy (non-hydrogen) atoms. The van der Waals surface area contributed by atoms with Gasteiger partial charge in [0.1, 0.15) is 0 Å². The van der Waals surface area contributed by atoms with E-state index in [4.69, 9.17) is 14.2 Å². The molecular weight excluding hydrogens is 224 g/mol. The molecule has 2 saturated heterocycles. The Kier molecular flexibility index (Phi) is 4.76. The number of methoxy groups -OCH3 is 1. The summed E-state index contributed by atoms with van der Waals surface area (Å²) in [7, 11) is 1.38. The van der Waals surface area contributed by atoms with Gasteiger partial charge in [-0.15, -0.1) is 0 Å². The quantitative estimate of drug-likeness (QED) is 0.693. The number of carbonyl (C=O) groups is 1. The molecular formula is C12H20O5. The lowest BCUT2D eigenvalue weighted by Crippen LogP contribution is -2.24. The molecule has 5 heteroatoms. The molecule has 2 aliphatic rings. The zero-order chi connectivity index (χ0) is 12.1. The fourth-order valence-electron chi connectivity index (χ4n) is 2.27. The highest BCUT2D eigenvalue weighted by Gasteiger charge is 2.30. The van der Waals surface area contributed by atoms with Crippen molar-refractivity contribution in [3.05, 3.63) is 0 Å². The Labute approximate surface area is 101 Å². The summed E-state index contributed by atoms with van der Waals surface area (Å²) in [5.74, 6) is 0.269. The molecule has 3 unspecified atom stereocenters. The second-order valence-electron chi connectivity index (χ2n) is 4.62. The second-order valence-corrected chi connectivity index (χ2v) is 4.62. The van der Waals surface area contributed by atoms with Crippen molar-refractivity contribution in [1.82, 2.24) is 0 Å². The molecule has 0 aromatic heterocycles. The van der Waals surface area contributed by atoms with Crippen LogP contribution in [0.15, 0.2) is 0 Å². The zero-order valence-corrected chi connectivity index (χ0v) is 10.2. The molecule has 0 bridgehead atoms. The third kappa shape index (κ3) is 3.94. The van der Waals surface area contributed by atoms with Gasteiger partial charge in [0, 0.05) is 19.6 Å².